The topological polar surface area (TPSA) is 18.5 Å². The van der Waals surface area contributed by atoms with Gasteiger partial charge in [0.2, 0.25) is 0 Å². The predicted molar refractivity (Wildman–Crippen MR) is 94.0 cm³/mol. The Labute approximate surface area is 133 Å². The van der Waals surface area contributed by atoms with Gasteiger partial charge in [0, 0.05) is 31.7 Å². The van der Waals surface area contributed by atoms with Crippen LogP contribution in [0.15, 0.2) is 0 Å². The van der Waals surface area contributed by atoms with Gasteiger partial charge in [0.25, 0.3) is 0 Å². The van der Waals surface area contributed by atoms with Gasteiger partial charge in [-0.3, -0.25) is 4.90 Å². The number of unbranched alkanes of at least 4 members (excludes halogenated alkanes) is 2. The van der Waals surface area contributed by atoms with Crippen molar-refractivity contribution in [3.8, 4) is 0 Å². The first-order chi connectivity index (χ1) is 10.2. The van der Waals surface area contributed by atoms with Crippen LogP contribution in [0.4, 0.5) is 0 Å². The van der Waals surface area contributed by atoms with E-state index in [4.69, 9.17) is 0 Å². The molecule has 0 unspecified atom stereocenters. The Balaban J connectivity index is 2.42. The smallest absolute Gasteiger partial charge is 0.0182 e. The highest BCUT2D eigenvalue weighted by atomic mass is 15.3. The van der Waals surface area contributed by atoms with Crippen molar-refractivity contribution in [1.82, 2.24) is 15.1 Å². The van der Waals surface area contributed by atoms with Crippen molar-refractivity contribution in [2.45, 2.75) is 71.3 Å². The van der Waals surface area contributed by atoms with Crippen LogP contribution in [0.5, 0.6) is 0 Å². The third-order valence-corrected chi connectivity index (χ3v) is 5.17. The summed E-state index contributed by atoms with van der Waals surface area (Å²) in [6.07, 6.45) is 9.44. The third kappa shape index (κ3) is 6.66. The summed E-state index contributed by atoms with van der Waals surface area (Å²) >= 11 is 0. The molecular weight excluding hydrogens is 258 g/mol. The van der Waals surface area contributed by atoms with Crippen LogP contribution in [0.2, 0.25) is 0 Å². The zero-order valence-corrected chi connectivity index (χ0v) is 15.1. The minimum absolute atomic E-state index is 0.448. The van der Waals surface area contributed by atoms with Crippen LogP contribution in [-0.4, -0.2) is 61.7 Å². The van der Waals surface area contributed by atoms with E-state index >= 15 is 0 Å². The Kier molecular flexibility index (Phi) is 9.54. The Morgan fingerprint density at radius 1 is 0.905 bits per heavy atom. The third-order valence-electron chi connectivity index (χ3n) is 5.17. The molecule has 0 radical (unpaired) electrons. The lowest BCUT2D eigenvalue weighted by atomic mass is 9.86. The summed E-state index contributed by atoms with van der Waals surface area (Å²) in [6.45, 7) is 14.6. The van der Waals surface area contributed by atoms with Crippen molar-refractivity contribution in [1.29, 1.82) is 0 Å². The second kappa shape index (κ2) is 10.6. The first-order valence-electron chi connectivity index (χ1n) is 9.28. The van der Waals surface area contributed by atoms with Crippen LogP contribution in [0, 0.1) is 0 Å². The minimum atomic E-state index is 0.448. The molecule has 0 aromatic carbocycles. The summed E-state index contributed by atoms with van der Waals surface area (Å²) in [6, 6.07) is 0. The average Bonchev–Trinajstić information content (AvgIpc) is 2.52. The molecule has 1 aliphatic heterocycles. The van der Waals surface area contributed by atoms with E-state index in [-0.39, 0.29) is 0 Å². The molecule has 1 rings (SSSR count). The molecule has 1 saturated heterocycles. The minimum Gasteiger partial charge on any atom is -0.320 e. The van der Waals surface area contributed by atoms with Gasteiger partial charge in [0.1, 0.15) is 0 Å². The average molecular weight is 298 g/mol. The molecule has 0 atom stereocenters. The highest BCUT2D eigenvalue weighted by Gasteiger charge is 2.32. The molecule has 1 N–H and O–H groups in total. The first-order valence-corrected chi connectivity index (χ1v) is 9.28. The quantitative estimate of drug-likeness (QED) is 0.590. The molecule has 0 amide bonds. The van der Waals surface area contributed by atoms with E-state index in [2.05, 4.69) is 35.9 Å². The van der Waals surface area contributed by atoms with E-state index in [0.29, 0.717) is 5.54 Å². The second-order valence-electron chi connectivity index (χ2n) is 6.99. The van der Waals surface area contributed by atoms with E-state index in [1.54, 1.807) is 0 Å². The molecule has 1 heterocycles. The number of hydrogen-bond donors (Lipinski definition) is 1. The van der Waals surface area contributed by atoms with Crippen LogP contribution in [0.3, 0.4) is 0 Å². The van der Waals surface area contributed by atoms with Gasteiger partial charge in [-0.25, -0.2) is 0 Å². The number of piperazine rings is 1. The lowest BCUT2D eigenvalue weighted by molar-refractivity contribution is 0.0283. The van der Waals surface area contributed by atoms with Crippen molar-refractivity contribution in [2.24, 2.45) is 0 Å². The van der Waals surface area contributed by atoms with Gasteiger partial charge < -0.3 is 10.2 Å². The van der Waals surface area contributed by atoms with Crippen molar-refractivity contribution < 1.29 is 0 Å². The largest absolute Gasteiger partial charge is 0.320 e. The molecule has 0 aromatic rings. The van der Waals surface area contributed by atoms with E-state index < -0.39 is 0 Å². The van der Waals surface area contributed by atoms with Crippen molar-refractivity contribution in [3.05, 3.63) is 0 Å². The summed E-state index contributed by atoms with van der Waals surface area (Å²) in [5.74, 6) is 0. The van der Waals surface area contributed by atoms with Crippen molar-refractivity contribution >= 4 is 0 Å². The summed E-state index contributed by atoms with van der Waals surface area (Å²) < 4.78 is 0. The van der Waals surface area contributed by atoms with Crippen LogP contribution in [0.1, 0.15) is 65.7 Å². The van der Waals surface area contributed by atoms with Crippen LogP contribution >= 0.6 is 0 Å². The summed E-state index contributed by atoms with van der Waals surface area (Å²) in [5, 5.41) is 3.25. The molecule has 126 valence electrons. The molecule has 0 aromatic heterocycles. The lowest BCUT2D eigenvalue weighted by Gasteiger charge is -2.46. The highest BCUT2D eigenvalue weighted by Crippen LogP contribution is 2.29. The highest BCUT2D eigenvalue weighted by molar-refractivity contribution is 4.89. The van der Waals surface area contributed by atoms with E-state index in [1.807, 2.05) is 7.05 Å². The number of nitrogens with one attached hydrogen (secondary N) is 1. The maximum Gasteiger partial charge on any atom is 0.0182 e. The SMILES string of the molecule is CCCCC(C)(CCCC)N1CCN(CCCNC)CC1. The number of nitrogens with zero attached hydrogens (tertiary/aromatic N) is 2. The van der Waals surface area contributed by atoms with E-state index in [1.165, 1.54) is 77.7 Å². The fourth-order valence-corrected chi connectivity index (χ4v) is 3.55. The van der Waals surface area contributed by atoms with Gasteiger partial charge in [0.05, 0.1) is 0 Å². The van der Waals surface area contributed by atoms with Crippen LogP contribution in [-0.2, 0) is 0 Å². The van der Waals surface area contributed by atoms with E-state index in [9.17, 15) is 0 Å². The number of rotatable bonds is 11. The second-order valence-corrected chi connectivity index (χ2v) is 6.99. The Bertz CT molecular complexity index is 239. The molecule has 1 fully saturated rings. The zero-order valence-electron chi connectivity index (χ0n) is 15.1. The van der Waals surface area contributed by atoms with Gasteiger partial charge in [-0.05, 0) is 46.3 Å². The molecule has 21 heavy (non-hydrogen) atoms. The summed E-state index contributed by atoms with van der Waals surface area (Å²) in [7, 11) is 2.05. The number of hydrogen-bond acceptors (Lipinski definition) is 3. The molecule has 0 saturated carbocycles. The molecule has 3 heteroatoms. The van der Waals surface area contributed by atoms with Gasteiger partial charge in [-0.2, -0.15) is 0 Å². The van der Waals surface area contributed by atoms with Crippen LogP contribution < -0.4 is 5.32 Å². The van der Waals surface area contributed by atoms with Crippen LogP contribution in [0.25, 0.3) is 0 Å². The van der Waals surface area contributed by atoms with E-state index in [0.717, 1.165) is 6.54 Å². The van der Waals surface area contributed by atoms with Gasteiger partial charge in [0.15, 0.2) is 0 Å². The predicted octanol–water partition coefficient (Wildman–Crippen LogP) is 3.35. The summed E-state index contributed by atoms with van der Waals surface area (Å²) in [4.78, 5) is 5.45. The first kappa shape index (κ1) is 18.9. The summed E-state index contributed by atoms with van der Waals surface area (Å²) in [5.41, 5.74) is 0.448. The lowest BCUT2D eigenvalue weighted by Crippen LogP contribution is -2.56. The zero-order chi connectivity index (χ0) is 15.6. The van der Waals surface area contributed by atoms with Gasteiger partial charge >= 0.3 is 0 Å². The molecule has 0 spiro atoms. The standard InChI is InChI=1S/C18H39N3/c1-5-7-10-18(3,11-8-6-2)21-16-14-20(15-17-21)13-9-12-19-4/h19H,5-17H2,1-4H3. The van der Waals surface area contributed by atoms with Crippen molar-refractivity contribution in [2.75, 3.05) is 46.3 Å². The fourth-order valence-electron chi connectivity index (χ4n) is 3.55. The maximum absolute atomic E-state index is 3.25. The molecule has 0 bridgehead atoms. The molecular formula is C18H39N3. The Morgan fingerprint density at radius 2 is 1.48 bits per heavy atom. The monoisotopic (exact) mass is 297 g/mol. The normalized spacial score (nSPS) is 18.3. The van der Waals surface area contributed by atoms with Gasteiger partial charge in [-0.1, -0.05) is 39.5 Å². The Morgan fingerprint density at radius 3 is 1.95 bits per heavy atom. The fraction of sp³-hybridized carbons (Fsp3) is 1.00. The maximum atomic E-state index is 3.25. The van der Waals surface area contributed by atoms with Gasteiger partial charge in [-0.15, -0.1) is 0 Å². The molecule has 1 aliphatic rings. The van der Waals surface area contributed by atoms with Crippen molar-refractivity contribution in [3.63, 3.8) is 0 Å². The molecule has 0 aliphatic carbocycles. The Hall–Kier alpha value is -0.120. The molecule has 3 nitrogen and oxygen atoms in total.